The third kappa shape index (κ3) is 7.93. The molecule has 28 heavy (non-hydrogen) atoms. The van der Waals surface area contributed by atoms with Crippen LogP contribution in [0.25, 0.3) is 0 Å². The van der Waals surface area contributed by atoms with Crippen LogP contribution in [-0.2, 0) is 9.53 Å². The Morgan fingerprint density at radius 2 is 1.75 bits per heavy atom. The summed E-state index contributed by atoms with van der Waals surface area (Å²) in [7, 11) is 2.17. The zero-order valence-corrected chi connectivity index (χ0v) is 18.2. The first-order chi connectivity index (χ1) is 13.6. The van der Waals surface area contributed by atoms with Crippen molar-refractivity contribution in [1.82, 2.24) is 24.9 Å². The molecule has 2 heterocycles. The predicted molar refractivity (Wildman–Crippen MR) is 114 cm³/mol. The predicted octanol–water partition coefficient (Wildman–Crippen LogP) is 0.160. The van der Waals surface area contributed by atoms with E-state index in [4.69, 9.17) is 9.73 Å². The minimum Gasteiger partial charge on any atom is -0.378 e. The zero-order chi connectivity index (χ0) is 20.2. The number of unbranched alkanes of at least 4 members (excludes halogenated alkanes) is 1. The summed E-state index contributed by atoms with van der Waals surface area (Å²) in [5.41, 5.74) is 0. The third-order valence-electron chi connectivity index (χ3n) is 5.37. The Kier molecular flexibility index (Phi) is 10.6. The van der Waals surface area contributed by atoms with Gasteiger partial charge in [0.05, 0.1) is 26.3 Å². The van der Waals surface area contributed by atoms with E-state index in [9.17, 15) is 4.79 Å². The fourth-order valence-corrected chi connectivity index (χ4v) is 3.51. The molecule has 2 fully saturated rings. The van der Waals surface area contributed by atoms with Crippen LogP contribution in [0.4, 0.5) is 0 Å². The van der Waals surface area contributed by atoms with Gasteiger partial charge < -0.3 is 24.8 Å². The minimum atomic E-state index is 0.229. The van der Waals surface area contributed by atoms with Crippen LogP contribution in [-0.4, -0.2) is 124 Å². The summed E-state index contributed by atoms with van der Waals surface area (Å²) < 4.78 is 5.33. The van der Waals surface area contributed by atoms with Crippen LogP contribution in [0.1, 0.15) is 26.7 Å². The smallest absolute Gasteiger partial charge is 0.236 e. The van der Waals surface area contributed by atoms with E-state index in [1.165, 1.54) is 12.8 Å². The van der Waals surface area contributed by atoms with E-state index in [-0.39, 0.29) is 5.91 Å². The highest BCUT2D eigenvalue weighted by atomic mass is 16.5. The zero-order valence-electron chi connectivity index (χ0n) is 18.2. The monoisotopic (exact) mass is 396 g/mol. The molecule has 2 aliphatic rings. The van der Waals surface area contributed by atoms with Gasteiger partial charge in [-0.25, -0.2) is 0 Å². The van der Waals surface area contributed by atoms with Crippen molar-refractivity contribution in [2.24, 2.45) is 4.99 Å². The number of piperazine rings is 1. The van der Waals surface area contributed by atoms with Crippen LogP contribution >= 0.6 is 0 Å². The Balaban J connectivity index is 1.74. The number of likely N-dealkylation sites (N-methyl/N-ethyl adjacent to an activating group) is 1. The quantitative estimate of drug-likeness (QED) is 0.443. The fraction of sp³-hybridized carbons (Fsp3) is 0.900. The molecule has 0 bridgehead atoms. The molecule has 0 aromatic heterocycles. The van der Waals surface area contributed by atoms with E-state index in [2.05, 4.69) is 40.9 Å². The van der Waals surface area contributed by atoms with Crippen LogP contribution in [0.2, 0.25) is 0 Å². The molecule has 1 amide bonds. The number of nitrogens with zero attached hydrogens (tertiary/aromatic N) is 5. The van der Waals surface area contributed by atoms with E-state index < -0.39 is 0 Å². The number of carbonyl (C=O) groups is 1. The summed E-state index contributed by atoms with van der Waals surface area (Å²) >= 11 is 0. The van der Waals surface area contributed by atoms with Gasteiger partial charge >= 0.3 is 0 Å². The number of morpholine rings is 1. The molecule has 0 aliphatic carbocycles. The molecule has 0 aromatic rings. The minimum absolute atomic E-state index is 0.229. The van der Waals surface area contributed by atoms with Crippen molar-refractivity contribution in [3.63, 3.8) is 0 Å². The summed E-state index contributed by atoms with van der Waals surface area (Å²) in [6.45, 7) is 15.1. The number of amides is 1. The van der Waals surface area contributed by atoms with E-state index in [1.807, 2.05) is 4.90 Å². The number of guanidine groups is 1. The van der Waals surface area contributed by atoms with Crippen LogP contribution in [0.5, 0.6) is 0 Å². The molecule has 1 N–H and O–H groups in total. The highest BCUT2D eigenvalue weighted by molar-refractivity contribution is 5.80. The molecular formula is C20H40N6O2. The van der Waals surface area contributed by atoms with Gasteiger partial charge in [0.15, 0.2) is 5.96 Å². The van der Waals surface area contributed by atoms with Crippen molar-refractivity contribution in [2.45, 2.75) is 26.7 Å². The van der Waals surface area contributed by atoms with Crippen LogP contribution < -0.4 is 5.32 Å². The molecule has 0 saturated carbocycles. The molecular weight excluding hydrogens is 356 g/mol. The highest BCUT2D eigenvalue weighted by Crippen LogP contribution is 2.05. The molecule has 0 radical (unpaired) electrons. The molecule has 8 heteroatoms. The van der Waals surface area contributed by atoms with E-state index in [1.54, 1.807) is 0 Å². The van der Waals surface area contributed by atoms with Gasteiger partial charge in [-0.05, 0) is 26.9 Å². The molecule has 2 saturated heterocycles. The lowest BCUT2D eigenvalue weighted by Gasteiger charge is -2.37. The third-order valence-corrected chi connectivity index (χ3v) is 5.37. The number of nitrogens with one attached hydrogen (secondary N) is 1. The standard InChI is InChI=1S/C20H40N6O2/c1-4-6-8-23(3)9-7-22-20(21-5-2)26-12-10-24(11-13-26)18-19(27)25-14-16-28-17-15-25/h4-18H2,1-3H3,(H,21,22). The second-order valence-corrected chi connectivity index (χ2v) is 7.65. The Morgan fingerprint density at radius 3 is 2.39 bits per heavy atom. The number of ether oxygens (including phenoxy) is 1. The molecule has 2 aliphatic heterocycles. The van der Waals surface area contributed by atoms with Gasteiger partial charge in [-0.1, -0.05) is 13.3 Å². The Bertz CT molecular complexity index is 473. The van der Waals surface area contributed by atoms with Crippen LogP contribution in [0.3, 0.4) is 0 Å². The summed E-state index contributed by atoms with van der Waals surface area (Å²) in [6, 6.07) is 0. The van der Waals surface area contributed by atoms with Gasteiger partial charge in [0.2, 0.25) is 5.91 Å². The fourth-order valence-electron chi connectivity index (χ4n) is 3.51. The van der Waals surface area contributed by atoms with Gasteiger partial charge in [0.1, 0.15) is 0 Å². The van der Waals surface area contributed by atoms with Crippen molar-refractivity contribution < 1.29 is 9.53 Å². The van der Waals surface area contributed by atoms with E-state index in [0.717, 1.165) is 71.4 Å². The van der Waals surface area contributed by atoms with Crippen molar-refractivity contribution in [3.05, 3.63) is 0 Å². The maximum absolute atomic E-state index is 12.4. The van der Waals surface area contributed by atoms with Crippen LogP contribution in [0, 0.1) is 0 Å². The summed E-state index contributed by atoms with van der Waals surface area (Å²) in [5.74, 6) is 1.23. The van der Waals surface area contributed by atoms with Gasteiger partial charge in [-0.3, -0.25) is 14.7 Å². The molecule has 0 unspecified atom stereocenters. The molecule has 0 spiro atoms. The van der Waals surface area contributed by atoms with Crippen molar-refractivity contribution in [3.8, 4) is 0 Å². The summed E-state index contributed by atoms with van der Waals surface area (Å²) in [6.07, 6.45) is 2.47. The maximum Gasteiger partial charge on any atom is 0.236 e. The maximum atomic E-state index is 12.4. The van der Waals surface area contributed by atoms with Gasteiger partial charge in [-0.2, -0.15) is 0 Å². The largest absolute Gasteiger partial charge is 0.378 e. The molecule has 8 nitrogen and oxygen atoms in total. The first-order valence-corrected chi connectivity index (χ1v) is 10.9. The van der Waals surface area contributed by atoms with Gasteiger partial charge in [0.25, 0.3) is 0 Å². The number of hydrogen-bond donors (Lipinski definition) is 1. The average Bonchev–Trinajstić information content (AvgIpc) is 2.73. The first kappa shape index (κ1) is 22.9. The Hall–Kier alpha value is -1.38. The topological polar surface area (TPSA) is 63.7 Å². The Labute approximate surface area is 170 Å². The average molecular weight is 397 g/mol. The van der Waals surface area contributed by atoms with Gasteiger partial charge in [0, 0.05) is 52.4 Å². The summed E-state index contributed by atoms with van der Waals surface area (Å²) in [4.78, 5) is 26.1. The highest BCUT2D eigenvalue weighted by Gasteiger charge is 2.24. The lowest BCUT2D eigenvalue weighted by molar-refractivity contribution is -0.136. The van der Waals surface area contributed by atoms with E-state index >= 15 is 0 Å². The second-order valence-electron chi connectivity index (χ2n) is 7.65. The van der Waals surface area contributed by atoms with Gasteiger partial charge in [-0.15, -0.1) is 0 Å². The lowest BCUT2D eigenvalue weighted by Crippen LogP contribution is -2.55. The molecule has 0 atom stereocenters. The number of hydrogen-bond acceptors (Lipinski definition) is 5. The van der Waals surface area contributed by atoms with E-state index in [0.29, 0.717) is 19.8 Å². The first-order valence-electron chi connectivity index (χ1n) is 10.9. The normalized spacial score (nSPS) is 19.4. The SMILES string of the molecule is CCCCN(C)CCN=C(NCC)N1CCN(CC(=O)N2CCOCC2)CC1. The van der Waals surface area contributed by atoms with Crippen molar-refractivity contribution in [1.29, 1.82) is 0 Å². The van der Waals surface area contributed by atoms with Crippen LogP contribution in [0.15, 0.2) is 4.99 Å². The molecule has 162 valence electrons. The summed E-state index contributed by atoms with van der Waals surface area (Å²) in [5, 5.41) is 3.43. The number of aliphatic imine (C=N–C) groups is 1. The Morgan fingerprint density at radius 1 is 1.04 bits per heavy atom. The molecule has 2 rings (SSSR count). The number of carbonyl (C=O) groups excluding carboxylic acids is 1. The second kappa shape index (κ2) is 13.0. The van der Waals surface area contributed by atoms with Crippen molar-refractivity contribution >= 4 is 11.9 Å². The number of rotatable bonds is 9. The lowest BCUT2D eigenvalue weighted by atomic mass is 10.3. The van der Waals surface area contributed by atoms with Crippen molar-refractivity contribution in [2.75, 3.05) is 92.3 Å². The molecule has 0 aromatic carbocycles.